The molecule has 0 saturated heterocycles. The Balaban J connectivity index is 2.66. The van der Waals surface area contributed by atoms with Crippen molar-refractivity contribution in [2.75, 3.05) is 0 Å². The van der Waals surface area contributed by atoms with E-state index in [2.05, 4.69) is 11.9 Å². The third-order valence-electron chi connectivity index (χ3n) is 1.96. The highest BCUT2D eigenvalue weighted by Gasteiger charge is 2.05. The van der Waals surface area contributed by atoms with Crippen LogP contribution in [0.4, 0.5) is 0 Å². The molecule has 0 amide bonds. The number of aryl methyl sites for hydroxylation is 1. The zero-order valence-corrected chi connectivity index (χ0v) is 8.21. The zero-order chi connectivity index (χ0) is 9.68. The number of aromatic nitrogens is 1. The number of hydrogen-bond donors (Lipinski definition) is 0. The fourth-order valence-electron chi connectivity index (χ4n) is 1.15. The largest absolute Gasteiger partial charge is 0.292 e. The summed E-state index contributed by atoms with van der Waals surface area (Å²) in [6.07, 6.45) is 4.31. The molecule has 0 N–H and O–H groups in total. The summed E-state index contributed by atoms with van der Waals surface area (Å²) in [5.41, 5.74) is 1.70. The fourth-order valence-corrected chi connectivity index (χ4v) is 1.15. The van der Waals surface area contributed by atoms with Crippen molar-refractivity contribution >= 4 is 5.78 Å². The van der Waals surface area contributed by atoms with Crippen molar-refractivity contribution in [3.8, 4) is 0 Å². The summed E-state index contributed by atoms with van der Waals surface area (Å²) in [4.78, 5) is 15.5. The molecule has 0 fully saturated rings. The molecule has 1 rings (SSSR count). The summed E-state index contributed by atoms with van der Waals surface area (Å²) < 4.78 is 0. The Morgan fingerprint density at radius 3 is 2.92 bits per heavy atom. The minimum atomic E-state index is 0.158. The van der Waals surface area contributed by atoms with E-state index < -0.39 is 0 Å². The minimum absolute atomic E-state index is 0.158. The standard InChI is InChI=1S/C11H15NO/c1-3-4-5-11(13)10-8-9(2)6-7-12-10/h6-8H,3-5H2,1-2H3. The van der Waals surface area contributed by atoms with Crippen molar-refractivity contribution < 1.29 is 4.79 Å². The van der Waals surface area contributed by atoms with Gasteiger partial charge in [-0.25, -0.2) is 0 Å². The molecule has 0 bridgehead atoms. The summed E-state index contributed by atoms with van der Waals surface area (Å²) in [6, 6.07) is 3.74. The van der Waals surface area contributed by atoms with E-state index in [0.29, 0.717) is 12.1 Å². The Bertz CT molecular complexity index is 294. The lowest BCUT2D eigenvalue weighted by atomic mass is 10.1. The molecule has 0 aliphatic heterocycles. The molecular formula is C11H15NO. The van der Waals surface area contributed by atoms with Crippen LogP contribution in [0.15, 0.2) is 18.3 Å². The lowest BCUT2D eigenvalue weighted by Crippen LogP contribution is -2.01. The molecule has 0 aliphatic rings. The first-order chi connectivity index (χ1) is 6.24. The predicted octanol–water partition coefficient (Wildman–Crippen LogP) is 2.76. The number of nitrogens with zero attached hydrogens (tertiary/aromatic N) is 1. The number of Topliss-reactive ketones (excluding diaryl/α,β-unsaturated/α-hetero) is 1. The van der Waals surface area contributed by atoms with Gasteiger partial charge in [0.1, 0.15) is 5.69 Å². The maximum absolute atomic E-state index is 11.5. The molecule has 0 saturated carbocycles. The number of carbonyl (C=O) groups is 1. The van der Waals surface area contributed by atoms with Crippen molar-refractivity contribution in [3.63, 3.8) is 0 Å². The maximum atomic E-state index is 11.5. The maximum Gasteiger partial charge on any atom is 0.181 e. The van der Waals surface area contributed by atoms with Gasteiger partial charge in [0.2, 0.25) is 0 Å². The van der Waals surface area contributed by atoms with Crippen LogP contribution in [0.25, 0.3) is 0 Å². The van der Waals surface area contributed by atoms with Crippen molar-refractivity contribution in [1.82, 2.24) is 4.98 Å². The van der Waals surface area contributed by atoms with Crippen molar-refractivity contribution in [1.29, 1.82) is 0 Å². The van der Waals surface area contributed by atoms with Crippen molar-refractivity contribution in [2.45, 2.75) is 33.1 Å². The van der Waals surface area contributed by atoms with Crippen LogP contribution in [0.5, 0.6) is 0 Å². The SMILES string of the molecule is CCCCC(=O)c1cc(C)ccn1. The predicted molar refractivity (Wildman–Crippen MR) is 52.8 cm³/mol. The average Bonchev–Trinajstić information content (AvgIpc) is 2.14. The van der Waals surface area contributed by atoms with Crippen LogP contribution in [0.2, 0.25) is 0 Å². The third-order valence-corrected chi connectivity index (χ3v) is 1.96. The van der Waals surface area contributed by atoms with Crippen LogP contribution in [0.1, 0.15) is 42.2 Å². The smallest absolute Gasteiger partial charge is 0.181 e. The third kappa shape index (κ3) is 2.98. The highest BCUT2D eigenvalue weighted by Crippen LogP contribution is 2.05. The van der Waals surface area contributed by atoms with Gasteiger partial charge < -0.3 is 0 Å². The second-order valence-corrected chi connectivity index (χ2v) is 3.25. The van der Waals surface area contributed by atoms with Crippen molar-refractivity contribution in [2.24, 2.45) is 0 Å². The molecule has 70 valence electrons. The second kappa shape index (κ2) is 4.75. The van der Waals surface area contributed by atoms with E-state index in [1.807, 2.05) is 19.1 Å². The summed E-state index contributed by atoms with van der Waals surface area (Å²) >= 11 is 0. The quantitative estimate of drug-likeness (QED) is 0.662. The van der Waals surface area contributed by atoms with Gasteiger partial charge in [-0.3, -0.25) is 9.78 Å². The first kappa shape index (κ1) is 9.90. The van der Waals surface area contributed by atoms with E-state index in [-0.39, 0.29) is 5.78 Å². The average molecular weight is 177 g/mol. The molecule has 1 heterocycles. The highest BCUT2D eigenvalue weighted by molar-refractivity contribution is 5.94. The molecule has 13 heavy (non-hydrogen) atoms. The molecular weight excluding hydrogens is 162 g/mol. The van der Waals surface area contributed by atoms with E-state index >= 15 is 0 Å². The molecule has 0 aliphatic carbocycles. The van der Waals surface area contributed by atoms with Gasteiger partial charge in [0, 0.05) is 12.6 Å². The Morgan fingerprint density at radius 1 is 1.54 bits per heavy atom. The number of pyridine rings is 1. The summed E-state index contributed by atoms with van der Waals surface area (Å²) in [5, 5.41) is 0. The van der Waals surface area contributed by atoms with Gasteiger partial charge in [-0.1, -0.05) is 13.3 Å². The van der Waals surface area contributed by atoms with Crippen LogP contribution in [-0.4, -0.2) is 10.8 Å². The van der Waals surface area contributed by atoms with Crippen LogP contribution < -0.4 is 0 Å². The van der Waals surface area contributed by atoms with Gasteiger partial charge in [-0.15, -0.1) is 0 Å². The lowest BCUT2D eigenvalue weighted by molar-refractivity contribution is 0.0975. The first-order valence-electron chi connectivity index (χ1n) is 4.70. The number of rotatable bonds is 4. The zero-order valence-electron chi connectivity index (χ0n) is 8.21. The molecule has 1 aromatic rings. The Hall–Kier alpha value is -1.18. The van der Waals surface area contributed by atoms with Crippen LogP contribution >= 0.6 is 0 Å². The normalized spacial score (nSPS) is 10.0. The summed E-state index contributed by atoms with van der Waals surface area (Å²) in [5.74, 6) is 0.158. The number of carbonyl (C=O) groups excluding carboxylic acids is 1. The van der Waals surface area contributed by atoms with Gasteiger partial charge >= 0.3 is 0 Å². The number of ketones is 1. The lowest BCUT2D eigenvalue weighted by Gasteiger charge is -1.99. The molecule has 0 radical (unpaired) electrons. The Kier molecular flexibility index (Phi) is 3.62. The summed E-state index contributed by atoms with van der Waals surface area (Å²) in [6.45, 7) is 4.05. The second-order valence-electron chi connectivity index (χ2n) is 3.25. The topological polar surface area (TPSA) is 30.0 Å². The van der Waals surface area contributed by atoms with Gasteiger partial charge in [-0.2, -0.15) is 0 Å². The van der Waals surface area contributed by atoms with Gasteiger partial charge in [0.25, 0.3) is 0 Å². The van der Waals surface area contributed by atoms with Crippen LogP contribution in [0, 0.1) is 6.92 Å². The Labute approximate surface area is 79.0 Å². The molecule has 0 atom stereocenters. The van der Waals surface area contributed by atoms with E-state index in [1.165, 1.54) is 0 Å². The molecule has 0 aromatic carbocycles. The Morgan fingerprint density at radius 2 is 2.31 bits per heavy atom. The van der Waals surface area contributed by atoms with Crippen LogP contribution in [-0.2, 0) is 0 Å². The highest BCUT2D eigenvalue weighted by atomic mass is 16.1. The molecule has 0 spiro atoms. The molecule has 2 nitrogen and oxygen atoms in total. The van der Waals surface area contributed by atoms with Gasteiger partial charge in [0.15, 0.2) is 5.78 Å². The van der Waals surface area contributed by atoms with E-state index in [9.17, 15) is 4.79 Å². The molecule has 2 heteroatoms. The van der Waals surface area contributed by atoms with Gasteiger partial charge in [0.05, 0.1) is 0 Å². The van der Waals surface area contributed by atoms with E-state index in [1.54, 1.807) is 6.20 Å². The van der Waals surface area contributed by atoms with Gasteiger partial charge in [-0.05, 0) is 31.0 Å². The van der Waals surface area contributed by atoms with Crippen molar-refractivity contribution in [3.05, 3.63) is 29.6 Å². The van der Waals surface area contributed by atoms with Crippen LogP contribution in [0.3, 0.4) is 0 Å². The monoisotopic (exact) mass is 177 g/mol. The van der Waals surface area contributed by atoms with E-state index in [0.717, 1.165) is 18.4 Å². The number of unbranched alkanes of at least 4 members (excludes halogenated alkanes) is 1. The molecule has 1 aromatic heterocycles. The number of hydrogen-bond acceptors (Lipinski definition) is 2. The minimum Gasteiger partial charge on any atom is -0.292 e. The van der Waals surface area contributed by atoms with E-state index in [4.69, 9.17) is 0 Å². The first-order valence-corrected chi connectivity index (χ1v) is 4.70. The summed E-state index contributed by atoms with van der Waals surface area (Å²) in [7, 11) is 0. The molecule has 0 unspecified atom stereocenters. The fraction of sp³-hybridized carbons (Fsp3) is 0.455.